The zero-order valence-electron chi connectivity index (χ0n) is 20.0. The Bertz CT molecular complexity index is 718. The van der Waals surface area contributed by atoms with Crippen molar-refractivity contribution in [2.24, 2.45) is 5.41 Å². The summed E-state index contributed by atoms with van der Waals surface area (Å²) in [6.07, 6.45) is 19.4. The Balaban J connectivity index is 1.29. The topological polar surface area (TPSA) is 68.0 Å². The van der Waals surface area contributed by atoms with Crippen molar-refractivity contribution in [3.8, 4) is 0 Å². The standard InChI is InChI=1S/C25H43N3O2S/c1-4-5-6-7-8-9-10-11-12-13-14-15-16-17-21-26-23-28(27-21)25(30)19-24(2,3)18-20(29)22(25)31-23/h22,30H,4-19H2,1-3H3. The Morgan fingerprint density at radius 3 is 2.10 bits per heavy atom. The summed E-state index contributed by atoms with van der Waals surface area (Å²) in [4.78, 5) is 17.1. The van der Waals surface area contributed by atoms with Gasteiger partial charge < -0.3 is 5.11 Å². The molecule has 0 saturated heterocycles. The van der Waals surface area contributed by atoms with Gasteiger partial charge in [-0.1, -0.05) is 110 Å². The number of Topliss-reactive ketones (excluding diaryl/α,β-unsaturated/α-hetero) is 1. The largest absolute Gasteiger partial charge is 0.368 e. The van der Waals surface area contributed by atoms with Crippen LogP contribution in [-0.2, 0) is 16.9 Å². The van der Waals surface area contributed by atoms with Crippen molar-refractivity contribution >= 4 is 17.5 Å². The fraction of sp³-hybridized carbons (Fsp3) is 0.880. The summed E-state index contributed by atoms with van der Waals surface area (Å²) in [6, 6.07) is 0. The first-order valence-corrected chi connectivity index (χ1v) is 13.6. The SMILES string of the molecule is CCCCCCCCCCCCCCCc1nc2n(n1)C1(O)CC(C)(C)CC(=O)C1S2. The summed E-state index contributed by atoms with van der Waals surface area (Å²) in [5.74, 6) is 0.933. The summed E-state index contributed by atoms with van der Waals surface area (Å²) < 4.78 is 1.65. The first-order valence-electron chi connectivity index (χ1n) is 12.7. The Morgan fingerprint density at radius 2 is 1.52 bits per heavy atom. The zero-order chi connectivity index (χ0) is 22.3. The molecule has 1 aromatic heterocycles. The van der Waals surface area contributed by atoms with Crippen LogP contribution in [0.3, 0.4) is 0 Å². The van der Waals surface area contributed by atoms with E-state index in [2.05, 4.69) is 17.0 Å². The summed E-state index contributed by atoms with van der Waals surface area (Å²) in [7, 11) is 0. The van der Waals surface area contributed by atoms with E-state index in [9.17, 15) is 9.90 Å². The van der Waals surface area contributed by atoms with Gasteiger partial charge in [0, 0.05) is 19.3 Å². The van der Waals surface area contributed by atoms with E-state index in [1.54, 1.807) is 4.68 Å². The molecule has 2 unspecified atom stereocenters. The minimum atomic E-state index is -1.21. The second-order valence-corrected chi connectivity index (χ2v) is 11.6. The van der Waals surface area contributed by atoms with Gasteiger partial charge in [-0.15, -0.1) is 0 Å². The lowest BCUT2D eigenvalue weighted by atomic mass is 9.72. The molecule has 3 rings (SSSR count). The number of unbranched alkanes of at least 4 members (excludes halogenated alkanes) is 12. The van der Waals surface area contributed by atoms with Crippen molar-refractivity contribution in [2.45, 2.75) is 140 Å². The molecule has 31 heavy (non-hydrogen) atoms. The van der Waals surface area contributed by atoms with E-state index in [4.69, 9.17) is 0 Å². The highest BCUT2D eigenvalue weighted by atomic mass is 32.2. The van der Waals surface area contributed by atoms with Crippen LogP contribution in [0.1, 0.15) is 123 Å². The van der Waals surface area contributed by atoms with Crippen LogP contribution < -0.4 is 0 Å². The summed E-state index contributed by atoms with van der Waals surface area (Å²) >= 11 is 1.40. The van der Waals surface area contributed by atoms with Crippen LogP contribution in [0.5, 0.6) is 0 Å². The van der Waals surface area contributed by atoms with Gasteiger partial charge in [0.25, 0.3) is 0 Å². The van der Waals surface area contributed by atoms with E-state index < -0.39 is 11.0 Å². The van der Waals surface area contributed by atoms with Crippen molar-refractivity contribution in [3.63, 3.8) is 0 Å². The highest BCUT2D eigenvalue weighted by Gasteiger charge is 2.57. The van der Waals surface area contributed by atoms with E-state index >= 15 is 0 Å². The average Bonchev–Trinajstić information content (AvgIpc) is 3.22. The fourth-order valence-corrected chi connectivity index (χ4v) is 6.46. The van der Waals surface area contributed by atoms with Gasteiger partial charge in [0.15, 0.2) is 22.5 Å². The third-order valence-corrected chi connectivity index (χ3v) is 8.17. The van der Waals surface area contributed by atoms with Crippen LogP contribution in [0.4, 0.5) is 0 Å². The number of thioether (sulfide) groups is 1. The number of carbonyl (C=O) groups excluding carboxylic acids is 1. The minimum Gasteiger partial charge on any atom is -0.368 e. The summed E-state index contributed by atoms with van der Waals surface area (Å²) in [5, 5.41) is 16.2. The lowest BCUT2D eigenvalue weighted by Crippen LogP contribution is -2.52. The van der Waals surface area contributed by atoms with Gasteiger partial charge in [0.2, 0.25) is 0 Å². The first-order chi connectivity index (χ1) is 14.9. The number of hydrogen-bond acceptors (Lipinski definition) is 5. The van der Waals surface area contributed by atoms with Crippen molar-refractivity contribution < 1.29 is 9.90 Å². The van der Waals surface area contributed by atoms with Crippen LogP contribution in [0.15, 0.2) is 5.16 Å². The monoisotopic (exact) mass is 449 g/mol. The molecule has 1 fully saturated rings. The molecule has 0 bridgehead atoms. The third kappa shape index (κ3) is 6.56. The molecule has 0 spiro atoms. The van der Waals surface area contributed by atoms with Gasteiger partial charge in [-0.05, 0) is 11.8 Å². The minimum absolute atomic E-state index is 0.120. The lowest BCUT2D eigenvalue weighted by molar-refractivity contribution is -0.146. The first kappa shape index (κ1) is 24.8. The molecule has 1 aromatic rings. The van der Waals surface area contributed by atoms with E-state index in [1.807, 2.05) is 13.8 Å². The molecule has 5 nitrogen and oxygen atoms in total. The number of rotatable bonds is 14. The van der Waals surface area contributed by atoms with Crippen LogP contribution >= 0.6 is 11.8 Å². The summed E-state index contributed by atoms with van der Waals surface area (Å²) in [5.41, 5.74) is -1.41. The number of fused-ring (bicyclic) bond motifs is 3. The molecular formula is C25H43N3O2S. The van der Waals surface area contributed by atoms with Crippen LogP contribution in [0, 0.1) is 5.41 Å². The maximum Gasteiger partial charge on any atom is 0.189 e. The van der Waals surface area contributed by atoms with Crippen LogP contribution in [-0.4, -0.2) is 30.9 Å². The predicted octanol–water partition coefficient (Wildman–Crippen LogP) is 6.42. The highest BCUT2D eigenvalue weighted by Crippen LogP contribution is 2.52. The third-order valence-electron chi connectivity index (χ3n) is 6.82. The predicted molar refractivity (Wildman–Crippen MR) is 127 cm³/mol. The van der Waals surface area contributed by atoms with Crippen LogP contribution in [0.25, 0.3) is 0 Å². The number of aliphatic hydroxyl groups is 1. The van der Waals surface area contributed by atoms with Crippen LogP contribution in [0.2, 0.25) is 0 Å². The van der Waals surface area contributed by atoms with Crippen molar-refractivity contribution in [3.05, 3.63) is 5.82 Å². The second kappa shape index (κ2) is 11.3. The van der Waals surface area contributed by atoms with Gasteiger partial charge >= 0.3 is 0 Å². The number of aromatic nitrogens is 3. The summed E-state index contributed by atoms with van der Waals surface area (Å²) in [6.45, 7) is 6.37. The number of hydrogen-bond donors (Lipinski definition) is 1. The number of nitrogens with zero attached hydrogens (tertiary/aromatic N) is 3. The molecule has 0 aromatic carbocycles. The number of aryl methyl sites for hydroxylation is 1. The maximum absolute atomic E-state index is 12.5. The van der Waals surface area contributed by atoms with E-state index in [1.165, 1.54) is 88.8 Å². The van der Waals surface area contributed by atoms with E-state index in [0.717, 1.165) is 18.7 Å². The van der Waals surface area contributed by atoms with E-state index in [0.29, 0.717) is 18.0 Å². The molecular weight excluding hydrogens is 406 g/mol. The molecule has 0 amide bonds. The van der Waals surface area contributed by atoms with Gasteiger partial charge in [-0.3, -0.25) is 4.79 Å². The average molecular weight is 450 g/mol. The highest BCUT2D eigenvalue weighted by molar-refractivity contribution is 8.00. The fourth-order valence-electron chi connectivity index (χ4n) is 5.21. The Labute approximate surface area is 193 Å². The maximum atomic E-state index is 12.5. The molecule has 1 saturated carbocycles. The molecule has 2 heterocycles. The van der Waals surface area contributed by atoms with E-state index in [-0.39, 0.29) is 11.2 Å². The Hall–Kier alpha value is -0.880. The zero-order valence-corrected chi connectivity index (χ0v) is 20.8. The Kier molecular flexibility index (Phi) is 9.03. The van der Waals surface area contributed by atoms with Gasteiger partial charge in [-0.25, -0.2) is 9.67 Å². The molecule has 0 radical (unpaired) electrons. The molecule has 2 aliphatic rings. The molecule has 1 N–H and O–H groups in total. The van der Waals surface area contributed by atoms with Gasteiger partial charge in [0.05, 0.1) is 0 Å². The molecule has 1 aliphatic heterocycles. The molecule has 1 aliphatic carbocycles. The number of carbonyl (C=O) groups is 1. The smallest absolute Gasteiger partial charge is 0.189 e. The Morgan fingerprint density at radius 1 is 0.968 bits per heavy atom. The molecule has 2 atom stereocenters. The second-order valence-electron chi connectivity index (χ2n) is 10.6. The molecule has 6 heteroatoms. The van der Waals surface area contributed by atoms with Gasteiger partial charge in [-0.2, -0.15) is 5.10 Å². The van der Waals surface area contributed by atoms with Crippen molar-refractivity contribution in [1.29, 1.82) is 0 Å². The normalized spacial score (nSPS) is 24.4. The van der Waals surface area contributed by atoms with Crippen molar-refractivity contribution in [2.75, 3.05) is 0 Å². The lowest BCUT2D eigenvalue weighted by Gasteiger charge is -2.41. The van der Waals surface area contributed by atoms with Gasteiger partial charge in [0.1, 0.15) is 5.25 Å². The number of ketones is 1. The quantitative estimate of drug-likeness (QED) is 0.332. The van der Waals surface area contributed by atoms with Crippen molar-refractivity contribution in [1.82, 2.24) is 14.8 Å². The molecule has 176 valence electrons.